The first kappa shape index (κ1) is 13.2. The molecule has 0 aliphatic heterocycles. The first-order valence-corrected chi connectivity index (χ1v) is 5.85. The summed E-state index contributed by atoms with van der Waals surface area (Å²) in [5.41, 5.74) is 2.75. The molecule has 90 valence electrons. The molecule has 1 atom stereocenters. The minimum absolute atomic E-state index is 0.529. The third-order valence-corrected chi connectivity index (χ3v) is 3.31. The average molecular weight is 222 g/mol. The lowest BCUT2D eigenvalue weighted by molar-refractivity contribution is -0.900. The van der Waals surface area contributed by atoms with Crippen LogP contribution in [0.3, 0.4) is 0 Å². The molecule has 0 aliphatic rings. The van der Waals surface area contributed by atoms with E-state index in [0.29, 0.717) is 6.04 Å². The van der Waals surface area contributed by atoms with Crippen molar-refractivity contribution in [1.29, 1.82) is 0 Å². The molecule has 2 nitrogen and oxygen atoms in total. The maximum absolute atomic E-state index is 2.28. The molecule has 1 aromatic carbocycles. The van der Waals surface area contributed by atoms with E-state index >= 15 is 0 Å². The maximum Gasteiger partial charge on any atom is 0.132 e. The Bertz CT molecular complexity index is 338. The van der Waals surface area contributed by atoms with E-state index in [4.69, 9.17) is 0 Å². The molecule has 0 saturated carbocycles. The van der Waals surface area contributed by atoms with Gasteiger partial charge in [-0.2, -0.15) is 0 Å². The smallest absolute Gasteiger partial charge is 0.132 e. The lowest BCUT2D eigenvalue weighted by Gasteiger charge is -2.32. The van der Waals surface area contributed by atoms with Crippen LogP contribution in [-0.4, -0.2) is 46.8 Å². The topological polar surface area (TPSA) is 0 Å². The van der Waals surface area contributed by atoms with Crippen LogP contribution in [0.25, 0.3) is 0 Å². The molecule has 1 rings (SSSR count). The van der Waals surface area contributed by atoms with Crippen molar-refractivity contribution in [3.8, 4) is 0 Å². The third-order valence-electron chi connectivity index (χ3n) is 3.31. The van der Waals surface area contributed by atoms with Crippen LogP contribution < -0.4 is 4.48 Å². The Morgan fingerprint density at radius 1 is 0.812 bits per heavy atom. The molecule has 0 N–H and O–H groups in total. The lowest BCUT2D eigenvalue weighted by atomic mass is 10.1. The van der Waals surface area contributed by atoms with E-state index in [1.807, 2.05) is 0 Å². The summed E-state index contributed by atoms with van der Waals surface area (Å²) in [5, 5.41) is 0. The van der Waals surface area contributed by atoms with E-state index in [0.717, 1.165) is 8.97 Å². The SMILES string of the molecule is CC(c1ccc([N+](C)(C)C)cc1)[N+](C)(C)C. The molecule has 0 amide bonds. The number of rotatable bonds is 3. The standard InChI is InChI=1S/C14H26N2/c1-12(15(2,3)4)13-8-10-14(11-9-13)16(5,6)7/h8-12H,1-7H3/q+2. The van der Waals surface area contributed by atoms with Crippen molar-refractivity contribution in [2.45, 2.75) is 13.0 Å². The number of nitrogens with zero attached hydrogens (tertiary/aromatic N) is 2. The molecule has 1 aromatic rings. The van der Waals surface area contributed by atoms with Gasteiger partial charge < -0.3 is 4.48 Å². The maximum atomic E-state index is 2.28. The Kier molecular flexibility index (Phi) is 3.46. The summed E-state index contributed by atoms with van der Waals surface area (Å²) in [6.07, 6.45) is 0. The average Bonchev–Trinajstić information content (AvgIpc) is 2.14. The summed E-state index contributed by atoms with van der Waals surface area (Å²) in [6, 6.07) is 9.52. The predicted molar refractivity (Wildman–Crippen MR) is 72.5 cm³/mol. The molecular weight excluding hydrogens is 196 g/mol. The summed E-state index contributed by atoms with van der Waals surface area (Å²) < 4.78 is 1.84. The van der Waals surface area contributed by atoms with E-state index in [9.17, 15) is 0 Å². The van der Waals surface area contributed by atoms with Crippen molar-refractivity contribution >= 4 is 5.69 Å². The van der Waals surface area contributed by atoms with Gasteiger partial charge in [-0.3, -0.25) is 4.48 Å². The van der Waals surface area contributed by atoms with Crippen LogP contribution >= 0.6 is 0 Å². The number of hydrogen-bond acceptors (Lipinski definition) is 0. The molecule has 0 aliphatic carbocycles. The third kappa shape index (κ3) is 3.06. The summed E-state index contributed by atoms with van der Waals surface area (Å²) in [5.74, 6) is 0. The summed E-state index contributed by atoms with van der Waals surface area (Å²) in [4.78, 5) is 0. The van der Waals surface area contributed by atoms with Crippen molar-refractivity contribution in [1.82, 2.24) is 4.48 Å². The van der Waals surface area contributed by atoms with Crippen LogP contribution in [0.2, 0.25) is 0 Å². The van der Waals surface area contributed by atoms with E-state index in [1.165, 1.54) is 11.3 Å². The van der Waals surface area contributed by atoms with Crippen LogP contribution in [0.5, 0.6) is 0 Å². The van der Waals surface area contributed by atoms with Crippen LogP contribution in [0, 0.1) is 0 Å². The van der Waals surface area contributed by atoms with E-state index in [1.54, 1.807) is 0 Å². The molecule has 16 heavy (non-hydrogen) atoms. The first-order valence-electron chi connectivity index (χ1n) is 5.85. The van der Waals surface area contributed by atoms with Gasteiger partial charge in [0, 0.05) is 5.56 Å². The Morgan fingerprint density at radius 3 is 1.56 bits per heavy atom. The molecule has 0 saturated heterocycles. The van der Waals surface area contributed by atoms with E-state index in [-0.39, 0.29) is 0 Å². The molecule has 0 bridgehead atoms. The van der Waals surface area contributed by atoms with Gasteiger partial charge in [0.2, 0.25) is 0 Å². The van der Waals surface area contributed by atoms with E-state index in [2.05, 4.69) is 73.5 Å². The fourth-order valence-electron chi connectivity index (χ4n) is 1.65. The lowest BCUT2D eigenvalue weighted by Crippen LogP contribution is -2.37. The Labute approximate surface area is 100 Å². The Morgan fingerprint density at radius 2 is 1.25 bits per heavy atom. The van der Waals surface area contributed by atoms with Crippen LogP contribution in [0.1, 0.15) is 18.5 Å². The monoisotopic (exact) mass is 222 g/mol. The highest BCUT2D eigenvalue weighted by Gasteiger charge is 2.21. The highest BCUT2D eigenvalue weighted by atomic mass is 15.3. The quantitative estimate of drug-likeness (QED) is 0.690. The van der Waals surface area contributed by atoms with Crippen LogP contribution in [0.15, 0.2) is 24.3 Å². The molecule has 0 fully saturated rings. The van der Waals surface area contributed by atoms with Crippen molar-refractivity contribution in [3.05, 3.63) is 29.8 Å². The minimum Gasteiger partial charge on any atom is -0.325 e. The second kappa shape index (κ2) is 4.19. The van der Waals surface area contributed by atoms with Gasteiger partial charge in [-0.1, -0.05) is 0 Å². The summed E-state index contributed by atoms with van der Waals surface area (Å²) in [7, 11) is 13.3. The first-order chi connectivity index (χ1) is 7.12. The van der Waals surface area contributed by atoms with Crippen LogP contribution in [0.4, 0.5) is 5.69 Å². The molecule has 0 heterocycles. The zero-order valence-corrected chi connectivity index (χ0v) is 11.8. The van der Waals surface area contributed by atoms with Gasteiger partial charge in [-0.25, -0.2) is 0 Å². The van der Waals surface area contributed by atoms with Gasteiger partial charge >= 0.3 is 0 Å². The Balaban J connectivity index is 2.96. The molecule has 0 aromatic heterocycles. The highest BCUT2D eigenvalue weighted by molar-refractivity contribution is 5.43. The molecule has 0 radical (unpaired) electrons. The largest absolute Gasteiger partial charge is 0.325 e. The molecule has 0 spiro atoms. The van der Waals surface area contributed by atoms with Crippen molar-refractivity contribution in [2.24, 2.45) is 0 Å². The molecule has 1 unspecified atom stereocenters. The predicted octanol–water partition coefficient (Wildman–Crippen LogP) is 2.65. The van der Waals surface area contributed by atoms with Gasteiger partial charge in [-0.15, -0.1) is 0 Å². The summed E-state index contributed by atoms with van der Waals surface area (Å²) >= 11 is 0. The second-order valence-corrected chi connectivity index (χ2v) is 6.40. The zero-order valence-electron chi connectivity index (χ0n) is 11.8. The van der Waals surface area contributed by atoms with Gasteiger partial charge in [0.1, 0.15) is 11.7 Å². The van der Waals surface area contributed by atoms with E-state index < -0.39 is 0 Å². The second-order valence-electron chi connectivity index (χ2n) is 6.40. The molecular formula is C14H26N2+2. The number of hydrogen-bond donors (Lipinski definition) is 0. The molecule has 2 heteroatoms. The number of quaternary nitrogens is 2. The van der Waals surface area contributed by atoms with Crippen molar-refractivity contribution in [2.75, 3.05) is 42.3 Å². The zero-order chi connectivity index (χ0) is 12.6. The van der Waals surface area contributed by atoms with Crippen molar-refractivity contribution < 1.29 is 4.48 Å². The fourth-order valence-corrected chi connectivity index (χ4v) is 1.65. The fraction of sp³-hybridized carbons (Fsp3) is 0.571. The highest BCUT2D eigenvalue weighted by Crippen LogP contribution is 2.25. The minimum atomic E-state index is 0.529. The Hall–Kier alpha value is -0.860. The normalized spacial score (nSPS) is 14.9. The van der Waals surface area contributed by atoms with Gasteiger partial charge in [0.25, 0.3) is 0 Å². The summed E-state index contributed by atoms with van der Waals surface area (Å²) in [6.45, 7) is 2.28. The van der Waals surface area contributed by atoms with Gasteiger partial charge in [-0.05, 0) is 31.2 Å². The van der Waals surface area contributed by atoms with Gasteiger partial charge in [0.05, 0.1) is 42.3 Å². The van der Waals surface area contributed by atoms with Crippen molar-refractivity contribution in [3.63, 3.8) is 0 Å². The number of benzene rings is 1. The van der Waals surface area contributed by atoms with Gasteiger partial charge in [0.15, 0.2) is 0 Å². The van der Waals surface area contributed by atoms with Crippen LogP contribution in [-0.2, 0) is 0 Å².